The number of hydrogen-bond donors (Lipinski definition) is 1. The fourth-order valence-corrected chi connectivity index (χ4v) is 4.20. The first-order valence-corrected chi connectivity index (χ1v) is 12.7. The van der Waals surface area contributed by atoms with Gasteiger partial charge in [0.15, 0.2) is 9.84 Å². The van der Waals surface area contributed by atoms with Crippen LogP contribution in [0.2, 0.25) is 0 Å². The number of benzene rings is 3. The molecule has 3 aromatic rings. The minimum atomic E-state index is -3.24. The monoisotopic (exact) mass is 450 g/mol. The van der Waals surface area contributed by atoms with Crippen molar-refractivity contribution in [2.75, 3.05) is 18.1 Å². The topological polar surface area (TPSA) is 66.5 Å². The molecule has 0 atom stereocenters. The van der Waals surface area contributed by atoms with Crippen LogP contribution in [-0.4, -0.2) is 32.0 Å². The number of hydrogen-bond acceptors (Lipinski definition) is 4. The van der Waals surface area contributed by atoms with E-state index in [0.717, 1.165) is 37.3 Å². The number of rotatable bonds is 10. The molecule has 3 aromatic carbocycles. The second-order valence-corrected chi connectivity index (χ2v) is 10.0. The fourth-order valence-electron chi connectivity index (χ4n) is 3.57. The van der Waals surface area contributed by atoms with Crippen LogP contribution in [0.1, 0.15) is 30.0 Å². The van der Waals surface area contributed by atoms with Gasteiger partial charge in [-0.2, -0.15) is 0 Å². The quantitative estimate of drug-likeness (QED) is 0.487. The first kappa shape index (κ1) is 23.7. The summed E-state index contributed by atoms with van der Waals surface area (Å²) >= 11 is 0. The minimum Gasteiger partial charge on any atom is -0.326 e. The predicted octanol–water partition coefficient (Wildman–Crippen LogP) is 4.68. The highest BCUT2D eigenvalue weighted by atomic mass is 32.2. The zero-order valence-electron chi connectivity index (χ0n) is 18.6. The first-order valence-electron chi connectivity index (χ1n) is 10.8. The maximum Gasteiger partial charge on any atom is 0.228 e. The number of carbonyl (C=O) groups is 1. The van der Waals surface area contributed by atoms with Crippen molar-refractivity contribution in [2.24, 2.45) is 0 Å². The highest BCUT2D eigenvalue weighted by Crippen LogP contribution is 2.15. The SMILES string of the molecule is CCCN(Cc1ccccc1)Cc1ccc(NC(=O)Cc2ccc(S(C)(=O)=O)cc2)cc1. The molecule has 0 fully saturated rings. The van der Waals surface area contributed by atoms with E-state index in [1.54, 1.807) is 12.1 Å². The van der Waals surface area contributed by atoms with Gasteiger partial charge in [0, 0.05) is 25.0 Å². The largest absolute Gasteiger partial charge is 0.326 e. The number of carbonyl (C=O) groups excluding carboxylic acids is 1. The van der Waals surface area contributed by atoms with Crippen molar-refractivity contribution in [1.29, 1.82) is 0 Å². The second-order valence-electron chi connectivity index (χ2n) is 8.03. The molecule has 1 N–H and O–H groups in total. The van der Waals surface area contributed by atoms with Gasteiger partial charge in [-0.05, 0) is 53.9 Å². The summed E-state index contributed by atoms with van der Waals surface area (Å²) in [5, 5.41) is 2.91. The van der Waals surface area contributed by atoms with Gasteiger partial charge in [0.25, 0.3) is 0 Å². The molecule has 0 spiro atoms. The summed E-state index contributed by atoms with van der Waals surface area (Å²) in [6.45, 7) is 4.96. The molecule has 1 amide bonds. The molecule has 0 saturated carbocycles. The Morgan fingerprint density at radius 2 is 1.38 bits per heavy atom. The van der Waals surface area contributed by atoms with Crippen LogP contribution in [0.5, 0.6) is 0 Å². The van der Waals surface area contributed by atoms with E-state index in [9.17, 15) is 13.2 Å². The number of sulfone groups is 1. The molecule has 0 radical (unpaired) electrons. The van der Waals surface area contributed by atoms with Crippen LogP contribution in [-0.2, 0) is 34.1 Å². The maximum absolute atomic E-state index is 12.4. The summed E-state index contributed by atoms with van der Waals surface area (Å²) in [4.78, 5) is 15.0. The Bertz CT molecular complexity index is 1110. The Hall–Kier alpha value is -2.96. The summed E-state index contributed by atoms with van der Waals surface area (Å²) in [6.07, 6.45) is 2.45. The van der Waals surface area contributed by atoms with Crippen molar-refractivity contribution < 1.29 is 13.2 Å². The Kier molecular flexibility index (Phi) is 8.20. The van der Waals surface area contributed by atoms with E-state index in [4.69, 9.17) is 0 Å². The van der Waals surface area contributed by atoms with E-state index in [2.05, 4.69) is 41.4 Å². The lowest BCUT2D eigenvalue weighted by Crippen LogP contribution is -2.23. The Morgan fingerprint density at radius 3 is 1.94 bits per heavy atom. The van der Waals surface area contributed by atoms with Crippen LogP contribution in [0.3, 0.4) is 0 Å². The second kappa shape index (κ2) is 11.1. The van der Waals surface area contributed by atoms with Crippen LogP contribution >= 0.6 is 0 Å². The van der Waals surface area contributed by atoms with Crippen molar-refractivity contribution in [3.05, 3.63) is 95.6 Å². The molecule has 0 bridgehead atoms. The standard InChI is InChI=1S/C26H30N2O3S/c1-3-17-28(19-22-7-5-4-6-8-22)20-23-9-13-24(14-10-23)27-26(29)18-21-11-15-25(16-12-21)32(2,30)31/h4-16H,3,17-20H2,1-2H3,(H,27,29). The molecular formula is C26H30N2O3S. The molecular weight excluding hydrogens is 420 g/mol. The van der Waals surface area contributed by atoms with E-state index in [1.807, 2.05) is 30.3 Å². The Labute approximate surface area is 191 Å². The third-order valence-corrected chi connectivity index (χ3v) is 6.28. The van der Waals surface area contributed by atoms with Gasteiger partial charge in [0.05, 0.1) is 11.3 Å². The number of nitrogens with zero attached hydrogens (tertiary/aromatic N) is 1. The molecule has 3 rings (SSSR count). The van der Waals surface area contributed by atoms with E-state index in [1.165, 1.54) is 29.5 Å². The van der Waals surface area contributed by atoms with Crippen molar-refractivity contribution >= 4 is 21.4 Å². The summed E-state index contributed by atoms with van der Waals surface area (Å²) in [5.41, 5.74) is 4.01. The van der Waals surface area contributed by atoms with Crippen molar-refractivity contribution in [3.8, 4) is 0 Å². The first-order chi connectivity index (χ1) is 15.3. The van der Waals surface area contributed by atoms with Gasteiger partial charge >= 0.3 is 0 Å². The van der Waals surface area contributed by atoms with Gasteiger partial charge in [-0.25, -0.2) is 8.42 Å². The van der Waals surface area contributed by atoms with Gasteiger partial charge in [0.1, 0.15) is 0 Å². The maximum atomic E-state index is 12.4. The van der Waals surface area contributed by atoms with E-state index in [-0.39, 0.29) is 17.2 Å². The molecule has 32 heavy (non-hydrogen) atoms. The van der Waals surface area contributed by atoms with Gasteiger partial charge in [-0.15, -0.1) is 0 Å². The molecule has 0 unspecified atom stereocenters. The molecule has 168 valence electrons. The van der Waals surface area contributed by atoms with Gasteiger partial charge in [-0.3, -0.25) is 9.69 Å². The molecule has 0 aromatic heterocycles. The summed E-state index contributed by atoms with van der Waals surface area (Å²) in [6, 6.07) is 24.8. The average Bonchev–Trinajstić information content (AvgIpc) is 2.76. The fraction of sp³-hybridized carbons (Fsp3) is 0.269. The highest BCUT2D eigenvalue weighted by molar-refractivity contribution is 7.90. The van der Waals surface area contributed by atoms with Crippen LogP contribution in [0.4, 0.5) is 5.69 Å². The normalized spacial score (nSPS) is 11.5. The van der Waals surface area contributed by atoms with Crippen molar-refractivity contribution in [1.82, 2.24) is 4.90 Å². The molecule has 6 heteroatoms. The molecule has 0 aliphatic rings. The lowest BCUT2D eigenvalue weighted by molar-refractivity contribution is -0.115. The summed E-state index contributed by atoms with van der Waals surface area (Å²) < 4.78 is 23.1. The molecule has 0 aliphatic heterocycles. The van der Waals surface area contributed by atoms with Gasteiger partial charge in [0.2, 0.25) is 5.91 Å². The molecule has 0 heterocycles. The smallest absolute Gasteiger partial charge is 0.228 e. The lowest BCUT2D eigenvalue weighted by Gasteiger charge is -2.22. The van der Waals surface area contributed by atoms with Crippen LogP contribution < -0.4 is 5.32 Å². The van der Waals surface area contributed by atoms with Crippen molar-refractivity contribution in [3.63, 3.8) is 0 Å². The lowest BCUT2D eigenvalue weighted by atomic mass is 10.1. The Morgan fingerprint density at radius 1 is 0.812 bits per heavy atom. The average molecular weight is 451 g/mol. The zero-order valence-corrected chi connectivity index (χ0v) is 19.4. The number of nitrogens with one attached hydrogen (secondary N) is 1. The summed E-state index contributed by atoms with van der Waals surface area (Å²) in [5.74, 6) is -0.137. The van der Waals surface area contributed by atoms with Crippen LogP contribution in [0.25, 0.3) is 0 Å². The van der Waals surface area contributed by atoms with E-state index < -0.39 is 9.84 Å². The van der Waals surface area contributed by atoms with Gasteiger partial charge < -0.3 is 5.32 Å². The molecule has 0 aliphatic carbocycles. The third kappa shape index (κ3) is 7.32. The molecule has 0 saturated heterocycles. The molecule has 5 nitrogen and oxygen atoms in total. The van der Waals surface area contributed by atoms with Crippen LogP contribution in [0, 0.1) is 0 Å². The third-order valence-electron chi connectivity index (χ3n) is 5.15. The highest BCUT2D eigenvalue weighted by Gasteiger charge is 2.10. The van der Waals surface area contributed by atoms with Crippen LogP contribution in [0.15, 0.2) is 83.8 Å². The number of anilines is 1. The van der Waals surface area contributed by atoms with Crippen molar-refractivity contribution in [2.45, 2.75) is 37.8 Å². The van der Waals surface area contributed by atoms with Gasteiger partial charge in [-0.1, -0.05) is 61.5 Å². The number of amides is 1. The van der Waals surface area contributed by atoms with E-state index >= 15 is 0 Å². The predicted molar refractivity (Wildman–Crippen MR) is 129 cm³/mol. The Balaban J connectivity index is 1.55. The summed E-state index contributed by atoms with van der Waals surface area (Å²) in [7, 11) is -3.24. The van der Waals surface area contributed by atoms with E-state index in [0.29, 0.717) is 0 Å². The minimum absolute atomic E-state index is 0.137. The zero-order chi connectivity index (χ0) is 23.0.